The second kappa shape index (κ2) is 10.1. The number of benzene rings is 2. The van der Waals surface area contributed by atoms with Crippen LogP contribution in [0.5, 0.6) is 0 Å². The molecule has 0 bridgehead atoms. The molecule has 0 N–H and O–H groups in total. The first-order valence-electron chi connectivity index (χ1n) is 12.4. The fourth-order valence-electron chi connectivity index (χ4n) is 4.78. The Morgan fingerprint density at radius 3 is 2.41 bits per heavy atom. The Kier molecular flexibility index (Phi) is 7.56. The van der Waals surface area contributed by atoms with Crippen molar-refractivity contribution in [1.82, 2.24) is 0 Å². The van der Waals surface area contributed by atoms with E-state index in [0.29, 0.717) is 17.4 Å². The zero-order chi connectivity index (χ0) is 24.5. The van der Waals surface area contributed by atoms with Crippen LogP contribution in [0.4, 0.5) is 11.4 Å². The van der Waals surface area contributed by atoms with E-state index in [0.717, 1.165) is 55.3 Å². The average molecular weight is 503 g/mol. The van der Waals surface area contributed by atoms with Crippen LogP contribution in [0.1, 0.15) is 53.0 Å². The number of aryl methyl sites for hydroxylation is 1. The van der Waals surface area contributed by atoms with Gasteiger partial charge in [-0.3, -0.25) is 4.31 Å². The van der Waals surface area contributed by atoms with Gasteiger partial charge in [-0.15, -0.1) is 0 Å². The maximum Gasteiger partial charge on any atom is 0.264 e. The summed E-state index contributed by atoms with van der Waals surface area (Å²) in [6, 6.07) is 13.6. The Hall–Kier alpha value is -1.70. The Labute approximate surface area is 209 Å². The summed E-state index contributed by atoms with van der Waals surface area (Å²) in [5, 5.41) is 0. The molecule has 4 rings (SSSR count). The van der Waals surface area contributed by atoms with E-state index in [1.165, 1.54) is 5.56 Å². The van der Waals surface area contributed by atoms with Gasteiger partial charge in [-0.05, 0) is 80.8 Å². The predicted molar refractivity (Wildman–Crippen MR) is 142 cm³/mol. The third-order valence-corrected chi connectivity index (χ3v) is 9.82. The molecule has 2 aliphatic heterocycles. The number of rotatable bonds is 8. The second-order valence-corrected chi connectivity index (χ2v) is 13.8. The van der Waals surface area contributed by atoms with Gasteiger partial charge in [0.25, 0.3) is 10.0 Å². The van der Waals surface area contributed by atoms with E-state index in [1.807, 2.05) is 36.4 Å². The highest BCUT2D eigenvalue weighted by atomic mass is 32.2. The molecule has 5 nitrogen and oxygen atoms in total. The molecule has 186 valence electrons. The van der Waals surface area contributed by atoms with Crippen molar-refractivity contribution in [2.45, 2.75) is 68.5 Å². The lowest BCUT2D eigenvalue weighted by molar-refractivity contribution is 0.0677. The summed E-state index contributed by atoms with van der Waals surface area (Å²) < 4.78 is 34.9. The molecule has 0 aliphatic carbocycles. The van der Waals surface area contributed by atoms with E-state index in [4.69, 9.17) is 4.74 Å². The molecule has 0 saturated carbocycles. The van der Waals surface area contributed by atoms with Crippen molar-refractivity contribution in [2.24, 2.45) is 11.8 Å². The SMILES string of the molecule is CCc1ccc(N(CC(C)C)S(=O)(=O)c2ccc3c(c2)SC(C)(C)N3CC2CCOCC2)cc1. The maximum atomic E-state index is 13.9. The number of hydrogen-bond donors (Lipinski definition) is 0. The van der Waals surface area contributed by atoms with Gasteiger partial charge in [0.1, 0.15) is 0 Å². The average Bonchev–Trinajstić information content (AvgIpc) is 3.06. The topological polar surface area (TPSA) is 49.9 Å². The van der Waals surface area contributed by atoms with E-state index < -0.39 is 10.0 Å². The molecular weight excluding hydrogens is 464 g/mol. The van der Waals surface area contributed by atoms with Crippen molar-refractivity contribution >= 4 is 33.2 Å². The lowest BCUT2D eigenvalue weighted by atomic mass is 9.98. The summed E-state index contributed by atoms with van der Waals surface area (Å²) in [5.74, 6) is 0.814. The van der Waals surface area contributed by atoms with Crippen molar-refractivity contribution in [2.75, 3.05) is 35.5 Å². The zero-order valence-electron chi connectivity index (χ0n) is 21.1. The summed E-state index contributed by atoms with van der Waals surface area (Å²) in [6.45, 7) is 13.8. The minimum absolute atomic E-state index is 0.114. The van der Waals surface area contributed by atoms with E-state index in [9.17, 15) is 8.42 Å². The standard InChI is InChI=1S/C27H38N2O3S2/c1-6-21-7-9-23(10-8-21)29(18-20(2)3)34(30,31)24-11-12-25-26(17-24)33-27(4,5)28(25)19-22-13-15-32-16-14-22/h7-12,17,20,22H,6,13-16,18-19H2,1-5H3. The number of anilines is 2. The fraction of sp³-hybridized carbons (Fsp3) is 0.556. The molecule has 1 fully saturated rings. The summed E-state index contributed by atoms with van der Waals surface area (Å²) in [4.78, 5) is 3.75. The Morgan fingerprint density at radius 1 is 1.12 bits per heavy atom. The number of thioether (sulfide) groups is 1. The van der Waals surface area contributed by atoms with Gasteiger partial charge >= 0.3 is 0 Å². The molecule has 2 heterocycles. The zero-order valence-corrected chi connectivity index (χ0v) is 22.7. The van der Waals surface area contributed by atoms with Crippen LogP contribution < -0.4 is 9.21 Å². The van der Waals surface area contributed by atoms with Gasteiger partial charge in [0, 0.05) is 31.2 Å². The van der Waals surface area contributed by atoms with Crippen molar-refractivity contribution in [3.05, 3.63) is 48.0 Å². The second-order valence-electron chi connectivity index (χ2n) is 10.3. The number of hydrogen-bond acceptors (Lipinski definition) is 5. The molecule has 0 atom stereocenters. The molecule has 34 heavy (non-hydrogen) atoms. The predicted octanol–water partition coefficient (Wildman–Crippen LogP) is 6.18. The molecule has 2 aliphatic rings. The Balaban J connectivity index is 1.65. The number of nitrogens with zero attached hydrogens (tertiary/aromatic N) is 2. The molecule has 0 spiro atoms. The minimum atomic E-state index is -3.69. The van der Waals surface area contributed by atoms with Gasteiger partial charge in [-0.1, -0.05) is 44.7 Å². The summed E-state index contributed by atoms with van der Waals surface area (Å²) >= 11 is 1.76. The van der Waals surface area contributed by atoms with Crippen LogP contribution in [0, 0.1) is 11.8 Å². The molecular formula is C27H38N2O3S2. The number of sulfonamides is 1. The van der Waals surface area contributed by atoms with E-state index in [1.54, 1.807) is 22.1 Å². The van der Waals surface area contributed by atoms with Crippen molar-refractivity contribution in [3.63, 3.8) is 0 Å². The molecule has 2 aromatic carbocycles. The molecule has 2 aromatic rings. The maximum absolute atomic E-state index is 13.9. The quantitative estimate of drug-likeness (QED) is 0.432. The summed E-state index contributed by atoms with van der Waals surface area (Å²) in [7, 11) is -3.69. The first kappa shape index (κ1) is 25.4. The lowest BCUT2D eigenvalue weighted by Gasteiger charge is -2.37. The van der Waals surface area contributed by atoms with Gasteiger partial charge in [0.15, 0.2) is 0 Å². The van der Waals surface area contributed by atoms with Crippen LogP contribution in [0.2, 0.25) is 0 Å². The van der Waals surface area contributed by atoms with Gasteiger partial charge in [0.05, 0.1) is 21.1 Å². The highest BCUT2D eigenvalue weighted by Crippen LogP contribution is 2.51. The van der Waals surface area contributed by atoms with Gasteiger partial charge in [0.2, 0.25) is 0 Å². The smallest absolute Gasteiger partial charge is 0.264 e. The first-order valence-corrected chi connectivity index (χ1v) is 14.7. The van der Waals surface area contributed by atoms with E-state index in [2.05, 4.69) is 39.5 Å². The normalized spacial score (nSPS) is 18.4. The van der Waals surface area contributed by atoms with E-state index >= 15 is 0 Å². The molecule has 1 saturated heterocycles. The van der Waals surface area contributed by atoms with Crippen LogP contribution in [0.25, 0.3) is 0 Å². The van der Waals surface area contributed by atoms with Gasteiger partial charge in [-0.25, -0.2) is 8.42 Å². The van der Waals surface area contributed by atoms with Crippen LogP contribution in [-0.2, 0) is 21.2 Å². The third-order valence-electron chi connectivity index (χ3n) is 6.77. The molecule has 0 radical (unpaired) electrons. The van der Waals surface area contributed by atoms with E-state index in [-0.39, 0.29) is 10.8 Å². The van der Waals surface area contributed by atoms with Crippen molar-refractivity contribution < 1.29 is 13.2 Å². The monoisotopic (exact) mass is 502 g/mol. The largest absolute Gasteiger partial charge is 0.381 e. The van der Waals surface area contributed by atoms with Crippen LogP contribution >= 0.6 is 11.8 Å². The molecule has 0 aromatic heterocycles. The van der Waals surface area contributed by atoms with Crippen LogP contribution in [-0.4, -0.2) is 39.6 Å². The molecule has 7 heteroatoms. The fourth-order valence-corrected chi connectivity index (χ4v) is 7.80. The Bertz CT molecular complexity index is 1090. The molecule has 0 unspecified atom stereocenters. The van der Waals surface area contributed by atoms with Gasteiger partial charge < -0.3 is 9.64 Å². The number of fused-ring (bicyclic) bond motifs is 1. The van der Waals surface area contributed by atoms with Crippen molar-refractivity contribution in [3.8, 4) is 0 Å². The minimum Gasteiger partial charge on any atom is -0.381 e. The van der Waals surface area contributed by atoms with Gasteiger partial charge in [-0.2, -0.15) is 0 Å². The Morgan fingerprint density at radius 2 is 1.79 bits per heavy atom. The number of ether oxygens (including phenoxy) is 1. The first-order chi connectivity index (χ1) is 16.1. The summed E-state index contributed by atoms with van der Waals surface area (Å²) in [6.07, 6.45) is 3.10. The molecule has 0 amide bonds. The summed E-state index contributed by atoms with van der Waals surface area (Å²) in [5.41, 5.74) is 3.06. The van der Waals surface area contributed by atoms with Crippen LogP contribution in [0.15, 0.2) is 52.3 Å². The highest BCUT2D eigenvalue weighted by molar-refractivity contribution is 8.01. The highest BCUT2D eigenvalue weighted by Gasteiger charge is 2.39. The van der Waals surface area contributed by atoms with Crippen molar-refractivity contribution in [1.29, 1.82) is 0 Å². The lowest BCUT2D eigenvalue weighted by Crippen LogP contribution is -2.42. The third kappa shape index (κ3) is 5.26. The van der Waals surface area contributed by atoms with Crippen LogP contribution in [0.3, 0.4) is 0 Å².